The predicted octanol–water partition coefficient (Wildman–Crippen LogP) is 0.0968. The van der Waals surface area contributed by atoms with Crippen molar-refractivity contribution in [2.75, 3.05) is 13.2 Å². The number of ether oxygens (including phenoxy) is 1. The van der Waals surface area contributed by atoms with Crippen molar-refractivity contribution in [2.24, 2.45) is 0 Å². The molecule has 11 heavy (non-hydrogen) atoms. The van der Waals surface area contributed by atoms with E-state index in [1.165, 1.54) is 6.08 Å². The molecule has 0 rings (SSSR count). The van der Waals surface area contributed by atoms with Gasteiger partial charge in [-0.15, -0.1) is 13.2 Å². The van der Waals surface area contributed by atoms with Gasteiger partial charge in [-0.3, -0.25) is 0 Å². The van der Waals surface area contributed by atoms with Gasteiger partial charge in [0.25, 0.3) is 0 Å². The number of rotatable bonds is 6. The number of aliphatic hydroxyl groups excluding tert-OH is 2. The minimum Gasteiger partial charge on any atom is -0.394 e. The molecule has 3 heteroatoms. The summed E-state index contributed by atoms with van der Waals surface area (Å²) in [5, 5.41) is 17.8. The summed E-state index contributed by atoms with van der Waals surface area (Å²) in [6.45, 7) is 6.90. The summed E-state index contributed by atoms with van der Waals surface area (Å²) in [5.41, 5.74) is 0. The van der Waals surface area contributed by atoms with Gasteiger partial charge in [0.1, 0.15) is 12.2 Å². The van der Waals surface area contributed by atoms with Gasteiger partial charge in [0.05, 0.1) is 13.2 Å². The first kappa shape index (κ1) is 10.4. The van der Waals surface area contributed by atoms with Crippen LogP contribution in [-0.4, -0.2) is 35.6 Å². The van der Waals surface area contributed by atoms with Crippen molar-refractivity contribution in [3.63, 3.8) is 0 Å². The molecule has 0 bridgehead atoms. The molecule has 0 saturated carbocycles. The fourth-order valence-corrected chi connectivity index (χ4v) is 0.603. The maximum Gasteiger partial charge on any atom is 0.110 e. The van der Waals surface area contributed by atoms with Crippen LogP contribution < -0.4 is 0 Å². The molecule has 0 aliphatic rings. The Balaban J connectivity index is 3.73. The zero-order valence-corrected chi connectivity index (χ0v) is 6.44. The normalized spacial score (nSPS) is 15.5. The van der Waals surface area contributed by atoms with Crippen molar-refractivity contribution in [2.45, 2.75) is 12.2 Å². The van der Waals surface area contributed by atoms with Gasteiger partial charge < -0.3 is 14.9 Å². The van der Waals surface area contributed by atoms with Gasteiger partial charge in [0.15, 0.2) is 0 Å². The molecule has 2 N–H and O–H groups in total. The van der Waals surface area contributed by atoms with Crippen LogP contribution >= 0.6 is 0 Å². The van der Waals surface area contributed by atoms with Crippen LogP contribution in [0.4, 0.5) is 0 Å². The average molecular weight is 158 g/mol. The van der Waals surface area contributed by atoms with Gasteiger partial charge in [-0.05, 0) is 0 Å². The fourth-order valence-electron chi connectivity index (χ4n) is 0.603. The third-order valence-corrected chi connectivity index (χ3v) is 1.23. The van der Waals surface area contributed by atoms with E-state index >= 15 is 0 Å². The van der Waals surface area contributed by atoms with Crippen molar-refractivity contribution in [1.82, 2.24) is 0 Å². The molecular formula is C8H14O3. The molecule has 0 unspecified atom stereocenters. The maximum atomic E-state index is 9.11. The van der Waals surface area contributed by atoms with Crippen LogP contribution in [-0.2, 0) is 4.74 Å². The van der Waals surface area contributed by atoms with E-state index in [0.717, 1.165) is 0 Å². The van der Waals surface area contributed by atoms with E-state index in [2.05, 4.69) is 13.2 Å². The molecular weight excluding hydrogens is 144 g/mol. The van der Waals surface area contributed by atoms with E-state index in [4.69, 9.17) is 14.9 Å². The Morgan fingerprint density at radius 2 is 2.09 bits per heavy atom. The highest BCUT2D eigenvalue weighted by atomic mass is 16.5. The SMILES string of the molecule is C=CCO[C@@H](CO)[C@H](O)C=C. The van der Waals surface area contributed by atoms with E-state index in [-0.39, 0.29) is 6.61 Å². The molecule has 0 aliphatic heterocycles. The van der Waals surface area contributed by atoms with Gasteiger partial charge in [-0.25, -0.2) is 0 Å². The largest absolute Gasteiger partial charge is 0.394 e. The summed E-state index contributed by atoms with van der Waals surface area (Å²) in [6, 6.07) is 0. The summed E-state index contributed by atoms with van der Waals surface area (Å²) >= 11 is 0. The molecule has 0 aromatic heterocycles. The zero-order chi connectivity index (χ0) is 8.69. The lowest BCUT2D eigenvalue weighted by Crippen LogP contribution is -2.30. The van der Waals surface area contributed by atoms with E-state index < -0.39 is 12.2 Å². The number of hydrogen-bond donors (Lipinski definition) is 2. The van der Waals surface area contributed by atoms with Gasteiger partial charge in [-0.1, -0.05) is 12.2 Å². The van der Waals surface area contributed by atoms with Crippen molar-refractivity contribution < 1.29 is 14.9 Å². The first-order chi connectivity index (χ1) is 5.26. The van der Waals surface area contributed by atoms with Crippen LogP contribution in [0, 0.1) is 0 Å². The second-order valence-electron chi connectivity index (χ2n) is 2.07. The lowest BCUT2D eigenvalue weighted by atomic mass is 10.2. The number of aliphatic hydroxyl groups is 2. The molecule has 64 valence electrons. The molecule has 0 radical (unpaired) electrons. The predicted molar refractivity (Wildman–Crippen MR) is 43.2 cm³/mol. The molecule has 0 amide bonds. The van der Waals surface area contributed by atoms with E-state index in [1.807, 2.05) is 0 Å². The topological polar surface area (TPSA) is 49.7 Å². The quantitative estimate of drug-likeness (QED) is 0.539. The molecule has 2 atom stereocenters. The number of hydrogen-bond acceptors (Lipinski definition) is 3. The average Bonchev–Trinajstić information content (AvgIpc) is 2.05. The van der Waals surface area contributed by atoms with Gasteiger partial charge in [0, 0.05) is 0 Å². The molecule has 0 spiro atoms. The van der Waals surface area contributed by atoms with E-state index in [0.29, 0.717) is 6.61 Å². The Morgan fingerprint density at radius 3 is 2.45 bits per heavy atom. The Kier molecular flexibility index (Phi) is 5.74. The fraction of sp³-hybridized carbons (Fsp3) is 0.500. The molecule has 0 aromatic rings. The highest BCUT2D eigenvalue weighted by molar-refractivity contribution is 4.85. The third kappa shape index (κ3) is 3.93. The molecule has 0 aliphatic carbocycles. The van der Waals surface area contributed by atoms with Gasteiger partial charge in [-0.2, -0.15) is 0 Å². The summed E-state index contributed by atoms with van der Waals surface area (Å²) in [6.07, 6.45) is 1.47. The van der Waals surface area contributed by atoms with Crippen LogP contribution in [0.5, 0.6) is 0 Å². The lowest BCUT2D eigenvalue weighted by molar-refractivity contribution is -0.0351. The van der Waals surface area contributed by atoms with E-state index in [9.17, 15) is 0 Å². The minimum absolute atomic E-state index is 0.221. The summed E-state index contributed by atoms with van der Waals surface area (Å²) in [7, 11) is 0. The molecule has 0 saturated heterocycles. The lowest BCUT2D eigenvalue weighted by Gasteiger charge is -2.17. The van der Waals surface area contributed by atoms with Crippen molar-refractivity contribution >= 4 is 0 Å². The monoisotopic (exact) mass is 158 g/mol. The highest BCUT2D eigenvalue weighted by Crippen LogP contribution is 1.99. The second kappa shape index (κ2) is 6.09. The van der Waals surface area contributed by atoms with Crippen molar-refractivity contribution in [3.8, 4) is 0 Å². The molecule has 0 aromatic carbocycles. The van der Waals surface area contributed by atoms with Crippen LogP contribution in [0.1, 0.15) is 0 Å². The standard InChI is InChI=1S/C8H14O3/c1-3-5-11-8(6-9)7(10)4-2/h3-4,7-10H,1-2,5-6H2/t7-,8+/m1/s1. The Hall–Kier alpha value is -0.640. The Morgan fingerprint density at radius 1 is 1.45 bits per heavy atom. The van der Waals surface area contributed by atoms with Crippen LogP contribution in [0.2, 0.25) is 0 Å². The smallest absolute Gasteiger partial charge is 0.110 e. The molecule has 0 heterocycles. The maximum absolute atomic E-state index is 9.11. The first-order valence-electron chi connectivity index (χ1n) is 3.40. The molecule has 3 nitrogen and oxygen atoms in total. The first-order valence-corrected chi connectivity index (χ1v) is 3.40. The van der Waals surface area contributed by atoms with Gasteiger partial charge in [0.2, 0.25) is 0 Å². The third-order valence-electron chi connectivity index (χ3n) is 1.23. The van der Waals surface area contributed by atoms with Crippen LogP contribution in [0.15, 0.2) is 25.3 Å². The highest BCUT2D eigenvalue weighted by Gasteiger charge is 2.14. The van der Waals surface area contributed by atoms with Gasteiger partial charge >= 0.3 is 0 Å². The molecule has 0 fully saturated rings. The zero-order valence-electron chi connectivity index (χ0n) is 6.44. The summed E-state index contributed by atoms with van der Waals surface area (Å²) in [4.78, 5) is 0. The van der Waals surface area contributed by atoms with E-state index in [1.54, 1.807) is 6.08 Å². The summed E-state index contributed by atoms with van der Waals surface area (Å²) < 4.78 is 5.00. The summed E-state index contributed by atoms with van der Waals surface area (Å²) in [5.74, 6) is 0. The second-order valence-corrected chi connectivity index (χ2v) is 2.07. The van der Waals surface area contributed by atoms with Crippen molar-refractivity contribution in [3.05, 3.63) is 25.3 Å². The van der Waals surface area contributed by atoms with Crippen LogP contribution in [0.3, 0.4) is 0 Å². The Bertz CT molecular complexity index is 123. The minimum atomic E-state index is -0.819. The van der Waals surface area contributed by atoms with Crippen molar-refractivity contribution in [1.29, 1.82) is 0 Å². The van der Waals surface area contributed by atoms with Crippen LogP contribution in [0.25, 0.3) is 0 Å². The Labute approximate surface area is 66.6 Å².